The summed E-state index contributed by atoms with van der Waals surface area (Å²) < 4.78 is 4.41. The van der Waals surface area contributed by atoms with Gasteiger partial charge in [0.05, 0.1) is 10.6 Å². The Bertz CT molecular complexity index is 366. The van der Waals surface area contributed by atoms with Crippen molar-refractivity contribution in [1.82, 2.24) is 4.98 Å². The van der Waals surface area contributed by atoms with Gasteiger partial charge in [0, 0.05) is 6.07 Å². The van der Waals surface area contributed by atoms with Crippen molar-refractivity contribution < 1.29 is 14.5 Å². The monoisotopic (exact) mass is 197 g/mol. The van der Waals surface area contributed by atoms with Crippen LogP contribution in [0.2, 0.25) is 0 Å². The second kappa shape index (κ2) is 4.17. The lowest BCUT2D eigenvalue weighted by atomic mass is 10.3. The van der Waals surface area contributed by atoms with Crippen LogP contribution in [0.15, 0.2) is 12.1 Å². The van der Waals surface area contributed by atoms with Crippen LogP contribution in [0.4, 0.5) is 11.5 Å². The van der Waals surface area contributed by atoms with Gasteiger partial charge in [-0.25, -0.2) is 4.98 Å². The molecule has 1 aromatic rings. The summed E-state index contributed by atoms with van der Waals surface area (Å²) in [7, 11) is 0. The summed E-state index contributed by atoms with van der Waals surface area (Å²) in [6, 6.07) is 2.59. The van der Waals surface area contributed by atoms with Crippen LogP contribution in [-0.4, -0.2) is 16.4 Å². The molecular formula is C7H7N3O4. The van der Waals surface area contributed by atoms with Gasteiger partial charge in [-0.15, -0.1) is 0 Å². The van der Waals surface area contributed by atoms with Crippen molar-refractivity contribution in [2.75, 3.05) is 5.73 Å². The summed E-state index contributed by atoms with van der Waals surface area (Å²) in [6.45, 7) is 0.213. The van der Waals surface area contributed by atoms with Gasteiger partial charge in [-0.2, -0.15) is 0 Å². The summed E-state index contributed by atoms with van der Waals surface area (Å²) in [5, 5.41) is 10.3. The molecule has 1 rings (SSSR count). The Morgan fingerprint density at radius 1 is 1.64 bits per heavy atom. The lowest BCUT2D eigenvalue weighted by Crippen LogP contribution is -2.02. The van der Waals surface area contributed by atoms with Crippen molar-refractivity contribution in [1.29, 1.82) is 0 Å². The number of hydrogen-bond acceptors (Lipinski definition) is 6. The van der Waals surface area contributed by atoms with Crippen LogP contribution in [0.1, 0.15) is 5.69 Å². The maximum atomic E-state index is 10.3. The molecule has 0 saturated heterocycles. The van der Waals surface area contributed by atoms with Crippen molar-refractivity contribution in [2.24, 2.45) is 0 Å². The van der Waals surface area contributed by atoms with Gasteiger partial charge < -0.3 is 10.5 Å². The quantitative estimate of drug-likeness (QED) is 0.420. The largest absolute Gasteiger partial charge is 0.461 e. The van der Waals surface area contributed by atoms with Gasteiger partial charge in [0.1, 0.15) is 6.61 Å². The van der Waals surface area contributed by atoms with E-state index >= 15 is 0 Å². The van der Waals surface area contributed by atoms with Gasteiger partial charge in [-0.1, -0.05) is 0 Å². The SMILES string of the molecule is Nc1nc(COC=O)ccc1[N+](=O)[O-]. The van der Waals surface area contributed by atoms with Crippen LogP contribution in [-0.2, 0) is 16.1 Å². The Balaban J connectivity index is 2.88. The second-order valence-electron chi connectivity index (χ2n) is 2.37. The number of carbonyl (C=O) groups is 1. The third-order valence-electron chi connectivity index (χ3n) is 1.46. The lowest BCUT2D eigenvalue weighted by molar-refractivity contribution is -0.384. The molecule has 1 heterocycles. The van der Waals surface area contributed by atoms with Crippen molar-refractivity contribution in [3.8, 4) is 0 Å². The summed E-state index contributed by atoms with van der Waals surface area (Å²) in [5.41, 5.74) is 5.39. The van der Waals surface area contributed by atoms with Crippen LogP contribution in [0.25, 0.3) is 0 Å². The number of nitrogens with two attached hydrogens (primary N) is 1. The van der Waals surface area contributed by atoms with Crippen molar-refractivity contribution >= 4 is 18.0 Å². The van der Waals surface area contributed by atoms with Gasteiger partial charge in [-0.05, 0) is 6.07 Å². The first-order chi connectivity index (χ1) is 6.65. The molecule has 74 valence electrons. The van der Waals surface area contributed by atoms with E-state index in [9.17, 15) is 14.9 Å². The van der Waals surface area contributed by atoms with Crippen molar-refractivity contribution in [2.45, 2.75) is 6.61 Å². The van der Waals surface area contributed by atoms with Gasteiger partial charge in [0.2, 0.25) is 5.82 Å². The second-order valence-corrected chi connectivity index (χ2v) is 2.37. The Hall–Kier alpha value is -2.18. The smallest absolute Gasteiger partial charge is 0.311 e. The van der Waals surface area contributed by atoms with Crippen molar-refractivity contribution in [3.05, 3.63) is 27.9 Å². The van der Waals surface area contributed by atoms with Crippen LogP contribution in [0.3, 0.4) is 0 Å². The number of ether oxygens (including phenoxy) is 1. The van der Waals surface area contributed by atoms with Crippen molar-refractivity contribution in [3.63, 3.8) is 0 Å². The molecule has 0 atom stereocenters. The fourth-order valence-corrected chi connectivity index (χ4v) is 0.864. The molecule has 0 spiro atoms. The van der Waals surface area contributed by atoms with E-state index in [0.29, 0.717) is 5.69 Å². The van der Waals surface area contributed by atoms with E-state index in [1.54, 1.807) is 0 Å². The normalized spacial score (nSPS) is 9.43. The van der Waals surface area contributed by atoms with Gasteiger partial charge in [0.15, 0.2) is 0 Å². The van der Waals surface area contributed by atoms with E-state index < -0.39 is 4.92 Å². The molecular weight excluding hydrogens is 190 g/mol. The molecule has 14 heavy (non-hydrogen) atoms. The zero-order valence-corrected chi connectivity index (χ0v) is 7.04. The third kappa shape index (κ3) is 2.16. The molecule has 1 aromatic heterocycles. The Morgan fingerprint density at radius 2 is 2.36 bits per heavy atom. The Morgan fingerprint density at radius 3 is 2.86 bits per heavy atom. The topological polar surface area (TPSA) is 108 Å². The minimum atomic E-state index is -0.632. The highest BCUT2D eigenvalue weighted by atomic mass is 16.6. The molecule has 0 fully saturated rings. The van der Waals surface area contributed by atoms with E-state index in [1.165, 1.54) is 12.1 Å². The molecule has 0 amide bonds. The highest BCUT2D eigenvalue weighted by Gasteiger charge is 2.12. The first-order valence-electron chi connectivity index (χ1n) is 3.60. The van der Waals surface area contributed by atoms with Crippen LogP contribution < -0.4 is 5.73 Å². The molecule has 7 heteroatoms. The van der Waals surface area contributed by atoms with Crippen LogP contribution in [0, 0.1) is 10.1 Å². The molecule has 2 N–H and O–H groups in total. The van der Waals surface area contributed by atoms with Crippen LogP contribution >= 0.6 is 0 Å². The first kappa shape index (κ1) is 9.90. The van der Waals surface area contributed by atoms with Crippen LogP contribution in [0.5, 0.6) is 0 Å². The minimum absolute atomic E-state index is 0.0499. The number of carbonyl (C=O) groups excluding carboxylic acids is 1. The number of hydrogen-bond donors (Lipinski definition) is 1. The molecule has 0 unspecified atom stereocenters. The summed E-state index contributed by atoms with van der Waals surface area (Å²) in [4.78, 5) is 23.2. The summed E-state index contributed by atoms with van der Waals surface area (Å²) in [5.74, 6) is -0.193. The Labute approximate surface area is 78.6 Å². The highest BCUT2D eigenvalue weighted by Crippen LogP contribution is 2.18. The molecule has 0 aliphatic carbocycles. The van der Waals surface area contributed by atoms with Gasteiger partial charge in [-0.3, -0.25) is 14.9 Å². The number of rotatable bonds is 4. The number of nitro groups is 1. The lowest BCUT2D eigenvalue weighted by Gasteiger charge is -2.00. The third-order valence-corrected chi connectivity index (χ3v) is 1.46. The Kier molecular flexibility index (Phi) is 2.95. The molecule has 0 aromatic carbocycles. The molecule has 0 aliphatic heterocycles. The highest BCUT2D eigenvalue weighted by molar-refractivity contribution is 5.52. The number of nitrogen functional groups attached to an aromatic ring is 1. The predicted octanol–water partition coefficient (Wildman–Crippen LogP) is 0.245. The average Bonchev–Trinajstić information content (AvgIpc) is 2.14. The minimum Gasteiger partial charge on any atom is -0.461 e. The predicted molar refractivity (Wildman–Crippen MR) is 46.2 cm³/mol. The number of nitrogens with zero attached hydrogens (tertiary/aromatic N) is 2. The van der Waals surface area contributed by atoms with E-state index in [1.807, 2.05) is 0 Å². The fraction of sp³-hybridized carbons (Fsp3) is 0.143. The zero-order chi connectivity index (χ0) is 10.6. The van der Waals surface area contributed by atoms with E-state index in [2.05, 4.69) is 9.72 Å². The number of anilines is 1. The standard InChI is InChI=1S/C7H7N3O4/c8-7-6(10(12)13)2-1-5(9-7)3-14-4-11/h1-2,4H,3H2,(H2,8,9). The maximum Gasteiger partial charge on any atom is 0.311 e. The van der Waals surface area contributed by atoms with Gasteiger partial charge >= 0.3 is 5.69 Å². The molecule has 7 nitrogen and oxygen atoms in total. The van der Waals surface area contributed by atoms with Gasteiger partial charge in [0.25, 0.3) is 6.47 Å². The maximum absolute atomic E-state index is 10.3. The first-order valence-corrected chi connectivity index (χ1v) is 3.60. The molecule has 0 aliphatic rings. The summed E-state index contributed by atoms with van der Waals surface area (Å²) >= 11 is 0. The van der Waals surface area contributed by atoms with E-state index in [-0.39, 0.29) is 24.6 Å². The average molecular weight is 197 g/mol. The zero-order valence-electron chi connectivity index (χ0n) is 7.04. The number of aromatic nitrogens is 1. The fourth-order valence-electron chi connectivity index (χ4n) is 0.864. The molecule has 0 bridgehead atoms. The van der Waals surface area contributed by atoms with E-state index in [4.69, 9.17) is 5.73 Å². The molecule has 0 saturated carbocycles. The number of pyridine rings is 1. The molecule has 0 radical (unpaired) electrons. The summed E-state index contributed by atoms with van der Waals surface area (Å²) in [6.07, 6.45) is 0. The van der Waals surface area contributed by atoms with E-state index in [0.717, 1.165) is 0 Å².